The van der Waals surface area contributed by atoms with E-state index < -0.39 is 0 Å². The van der Waals surface area contributed by atoms with Crippen LogP contribution in [0.25, 0.3) is 10.8 Å². The van der Waals surface area contributed by atoms with Gasteiger partial charge in [-0.1, -0.05) is 30.7 Å². The van der Waals surface area contributed by atoms with Crippen LogP contribution in [0.15, 0.2) is 24.3 Å². The van der Waals surface area contributed by atoms with Crippen molar-refractivity contribution in [3.63, 3.8) is 0 Å². The minimum Gasteiger partial charge on any atom is -0.356 e. The van der Waals surface area contributed by atoms with Gasteiger partial charge in [0.05, 0.1) is 5.69 Å². The van der Waals surface area contributed by atoms with Crippen molar-refractivity contribution in [2.45, 2.75) is 32.2 Å². The lowest BCUT2D eigenvalue weighted by Gasteiger charge is -2.29. The van der Waals surface area contributed by atoms with E-state index in [9.17, 15) is 0 Å². The molecule has 0 spiro atoms. The van der Waals surface area contributed by atoms with Gasteiger partial charge in [0.1, 0.15) is 0 Å². The van der Waals surface area contributed by atoms with Crippen molar-refractivity contribution in [1.29, 1.82) is 0 Å². The van der Waals surface area contributed by atoms with E-state index in [-0.39, 0.29) is 0 Å². The van der Waals surface area contributed by atoms with Gasteiger partial charge in [0.25, 0.3) is 0 Å². The number of hydrogen-bond donors (Lipinski definition) is 1. The molecule has 0 radical (unpaired) electrons. The first-order valence-electron chi connectivity index (χ1n) is 7.42. The van der Waals surface area contributed by atoms with E-state index in [0.717, 1.165) is 24.6 Å². The average molecular weight is 270 g/mol. The van der Waals surface area contributed by atoms with Crippen LogP contribution in [0.1, 0.15) is 25.0 Å². The van der Waals surface area contributed by atoms with E-state index in [1.165, 1.54) is 30.0 Å². The van der Waals surface area contributed by atoms with E-state index in [1.54, 1.807) is 0 Å². The second-order valence-corrected chi connectivity index (χ2v) is 5.68. The van der Waals surface area contributed by atoms with Crippen molar-refractivity contribution in [2.75, 3.05) is 25.0 Å². The van der Waals surface area contributed by atoms with Crippen LogP contribution < -0.4 is 10.2 Å². The second kappa shape index (κ2) is 5.75. The molecule has 0 bridgehead atoms. The van der Waals surface area contributed by atoms with Crippen molar-refractivity contribution in [1.82, 2.24) is 15.5 Å². The third kappa shape index (κ3) is 2.61. The predicted octanol–water partition coefficient (Wildman–Crippen LogP) is 2.52. The van der Waals surface area contributed by atoms with Gasteiger partial charge in [-0.3, -0.25) is 0 Å². The number of aromatic nitrogens is 2. The Hall–Kier alpha value is -1.68. The minimum atomic E-state index is 0.565. The fraction of sp³-hybridized carbons (Fsp3) is 0.500. The molecule has 0 aliphatic carbocycles. The summed E-state index contributed by atoms with van der Waals surface area (Å²) in [5.74, 6) is 0.985. The molecule has 1 aliphatic rings. The van der Waals surface area contributed by atoms with E-state index >= 15 is 0 Å². The molecular weight excluding hydrogens is 248 g/mol. The van der Waals surface area contributed by atoms with Gasteiger partial charge in [0.2, 0.25) is 0 Å². The zero-order chi connectivity index (χ0) is 13.9. The van der Waals surface area contributed by atoms with Gasteiger partial charge in [0, 0.05) is 30.4 Å². The maximum Gasteiger partial charge on any atom is 0.158 e. The van der Waals surface area contributed by atoms with Crippen LogP contribution in [0.2, 0.25) is 0 Å². The standard InChI is InChI=1S/C16H22N4/c1-12-14-8-3-4-9-15(14)16(19-18-12)20(2)11-13-7-5-6-10-17-13/h3-4,8-9,13,17H,5-7,10-11H2,1-2H3. The highest BCUT2D eigenvalue weighted by atomic mass is 15.3. The quantitative estimate of drug-likeness (QED) is 0.930. The van der Waals surface area contributed by atoms with Crippen LogP contribution in [-0.2, 0) is 0 Å². The molecule has 1 aliphatic heterocycles. The Morgan fingerprint density at radius 1 is 1.20 bits per heavy atom. The smallest absolute Gasteiger partial charge is 0.158 e. The second-order valence-electron chi connectivity index (χ2n) is 5.68. The number of fused-ring (bicyclic) bond motifs is 1. The van der Waals surface area contributed by atoms with Crippen LogP contribution >= 0.6 is 0 Å². The SMILES string of the molecule is Cc1nnc(N(C)CC2CCCCN2)c2ccccc12. The maximum absolute atomic E-state index is 4.42. The van der Waals surface area contributed by atoms with Crippen molar-refractivity contribution >= 4 is 16.6 Å². The van der Waals surface area contributed by atoms with Gasteiger partial charge in [0.15, 0.2) is 5.82 Å². The number of aryl methyl sites for hydroxylation is 1. The molecule has 1 atom stereocenters. The number of nitrogens with zero attached hydrogens (tertiary/aromatic N) is 3. The summed E-state index contributed by atoms with van der Waals surface area (Å²) in [7, 11) is 2.11. The normalized spacial score (nSPS) is 19.2. The topological polar surface area (TPSA) is 41.1 Å². The summed E-state index contributed by atoms with van der Waals surface area (Å²) in [6, 6.07) is 8.95. The molecule has 4 heteroatoms. The maximum atomic E-state index is 4.42. The average Bonchev–Trinajstić information content (AvgIpc) is 2.49. The number of piperidine rings is 1. The fourth-order valence-corrected chi connectivity index (χ4v) is 3.00. The predicted molar refractivity (Wildman–Crippen MR) is 83.2 cm³/mol. The summed E-state index contributed by atoms with van der Waals surface area (Å²) >= 11 is 0. The molecule has 2 heterocycles. The van der Waals surface area contributed by atoms with Gasteiger partial charge >= 0.3 is 0 Å². The van der Waals surface area contributed by atoms with E-state index in [1.807, 2.05) is 6.92 Å². The Morgan fingerprint density at radius 3 is 2.75 bits per heavy atom. The highest BCUT2D eigenvalue weighted by Gasteiger charge is 2.17. The van der Waals surface area contributed by atoms with E-state index in [4.69, 9.17) is 0 Å². The Bertz CT molecular complexity index is 590. The summed E-state index contributed by atoms with van der Waals surface area (Å²) < 4.78 is 0. The lowest BCUT2D eigenvalue weighted by Crippen LogP contribution is -2.42. The van der Waals surface area contributed by atoms with Gasteiger partial charge in [-0.15, -0.1) is 5.10 Å². The molecule has 1 N–H and O–H groups in total. The van der Waals surface area contributed by atoms with Crippen molar-refractivity contribution < 1.29 is 0 Å². The summed E-state index contributed by atoms with van der Waals surface area (Å²) in [5, 5.41) is 14.7. The Labute approximate surface area is 120 Å². The number of likely N-dealkylation sites (N-methyl/N-ethyl adjacent to an activating group) is 1. The van der Waals surface area contributed by atoms with Crippen LogP contribution in [0.5, 0.6) is 0 Å². The summed E-state index contributed by atoms with van der Waals surface area (Å²) in [4.78, 5) is 2.23. The molecule has 1 saturated heterocycles. The van der Waals surface area contributed by atoms with Gasteiger partial charge in [-0.05, 0) is 26.3 Å². The van der Waals surface area contributed by atoms with E-state index in [0.29, 0.717) is 6.04 Å². The Morgan fingerprint density at radius 2 is 2.00 bits per heavy atom. The van der Waals surface area contributed by atoms with Crippen LogP contribution in [-0.4, -0.2) is 36.4 Å². The monoisotopic (exact) mass is 270 g/mol. The highest BCUT2D eigenvalue weighted by molar-refractivity contribution is 5.93. The first kappa shape index (κ1) is 13.3. The summed E-state index contributed by atoms with van der Waals surface area (Å²) in [6.07, 6.45) is 3.88. The van der Waals surface area contributed by atoms with Crippen LogP contribution in [0.4, 0.5) is 5.82 Å². The summed E-state index contributed by atoms with van der Waals surface area (Å²) in [5.41, 5.74) is 0.994. The van der Waals surface area contributed by atoms with Crippen molar-refractivity contribution in [2.24, 2.45) is 0 Å². The van der Waals surface area contributed by atoms with Gasteiger partial charge < -0.3 is 10.2 Å². The number of nitrogens with one attached hydrogen (secondary N) is 1. The molecule has 2 aromatic rings. The van der Waals surface area contributed by atoms with Gasteiger partial charge in [-0.25, -0.2) is 0 Å². The molecule has 1 aromatic carbocycles. The van der Waals surface area contributed by atoms with Crippen molar-refractivity contribution in [3.05, 3.63) is 30.0 Å². The first-order chi connectivity index (χ1) is 9.75. The number of anilines is 1. The van der Waals surface area contributed by atoms with Crippen LogP contribution in [0.3, 0.4) is 0 Å². The molecule has 3 rings (SSSR count). The largest absolute Gasteiger partial charge is 0.356 e. The lowest BCUT2D eigenvalue weighted by atomic mass is 10.0. The summed E-state index contributed by atoms with van der Waals surface area (Å²) in [6.45, 7) is 4.14. The third-order valence-electron chi connectivity index (χ3n) is 4.12. The third-order valence-corrected chi connectivity index (χ3v) is 4.12. The first-order valence-corrected chi connectivity index (χ1v) is 7.42. The van der Waals surface area contributed by atoms with Crippen LogP contribution in [0, 0.1) is 6.92 Å². The Balaban J connectivity index is 1.87. The number of benzene rings is 1. The molecule has 1 fully saturated rings. The molecule has 0 saturated carbocycles. The Kier molecular flexibility index (Phi) is 3.83. The minimum absolute atomic E-state index is 0.565. The molecule has 106 valence electrons. The zero-order valence-corrected chi connectivity index (χ0v) is 12.3. The molecule has 4 nitrogen and oxygen atoms in total. The van der Waals surface area contributed by atoms with Crippen molar-refractivity contribution in [3.8, 4) is 0 Å². The van der Waals surface area contributed by atoms with E-state index in [2.05, 4.69) is 51.7 Å². The molecule has 0 amide bonds. The fourth-order valence-electron chi connectivity index (χ4n) is 3.00. The molecule has 1 unspecified atom stereocenters. The number of rotatable bonds is 3. The van der Waals surface area contributed by atoms with Gasteiger partial charge in [-0.2, -0.15) is 5.10 Å². The number of hydrogen-bond acceptors (Lipinski definition) is 4. The zero-order valence-electron chi connectivity index (χ0n) is 12.3. The highest BCUT2D eigenvalue weighted by Crippen LogP contribution is 2.25. The lowest BCUT2D eigenvalue weighted by molar-refractivity contribution is 0.403. The molecular formula is C16H22N4. The molecule has 20 heavy (non-hydrogen) atoms. The molecule has 1 aromatic heterocycles.